The summed E-state index contributed by atoms with van der Waals surface area (Å²) in [5, 5.41) is 1.20. The average Bonchev–Trinajstić information content (AvgIpc) is 2.90. The lowest BCUT2D eigenvalue weighted by Gasteiger charge is -2.26. The Morgan fingerprint density at radius 1 is 1.30 bits per heavy atom. The molecule has 0 radical (unpaired) electrons. The number of nitrogens with one attached hydrogen (secondary N) is 1. The van der Waals surface area contributed by atoms with Gasteiger partial charge < -0.3 is 9.72 Å². The van der Waals surface area contributed by atoms with Crippen molar-refractivity contribution in [2.75, 3.05) is 20.2 Å². The monoisotopic (exact) mass is 272 g/mol. The maximum atomic E-state index is 11.5. The lowest BCUT2D eigenvalue weighted by Crippen LogP contribution is -2.28. The number of esters is 1. The molecule has 1 N–H and O–H groups in total. The summed E-state index contributed by atoms with van der Waals surface area (Å²) >= 11 is 0. The van der Waals surface area contributed by atoms with Gasteiger partial charge in [0.2, 0.25) is 0 Å². The van der Waals surface area contributed by atoms with Crippen LogP contribution in [0.3, 0.4) is 0 Å². The van der Waals surface area contributed by atoms with E-state index in [0.717, 1.165) is 12.1 Å². The molecule has 2 heterocycles. The third kappa shape index (κ3) is 2.56. The highest BCUT2D eigenvalue weighted by Crippen LogP contribution is 2.22. The SMILES string of the molecule is COC(=O)c1ccc2c(CN3CCCCC3)c[nH]c2c1. The van der Waals surface area contributed by atoms with Crippen molar-refractivity contribution >= 4 is 16.9 Å². The van der Waals surface area contributed by atoms with Gasteiger partial charge in [0.1, 0.15) is 0 Å². The van der Waals surface area contributed by atoms with E-state index in [1.807, 2.05) is 18.2 Å². The summed E-state index contributed by atoms with van der Waals surface area (Å²) in [4.78, 5) is 17.3. The molecule has 1 aromatic carbocycles. The molecule has 106 valence electrons. The Morgan fingerprint density at radius 3 is 2.85 bits per heavy atom. The first kappa shape index (κ1) is 13.2. The van der Waals surface area contributed by atoms with Gasteiger partial charge in [-0.05, 0) is 43.6 Å². The van der Waals surface area contributed by atoms with Gasteiger partial charge in [-0.2, -0.15) is 0 Å². The summed E-state index contributed by atoms with van der Waals surface area (Å²) in [5.41, 5.74) is 2.89. The van der Waals surface area contributed by atoms with Crippen molar-refractivity contribution < 1.29 is 9.53 Å². The van der Waals surface area contributed by atoms with Gasteiger partial charge in [-0.15, -0.1) is 0 Å². The van der Waals surface area contributed by atoms with Crippen molar-refractivity contribution in [3.05, 3.63) is 35.5 Å². The second-order valence-electron chi connectivity index (χ2n) is 5.40. The Morgan fingerprint density at radius 2 is 2.10 bits per heavy atom. The number of aromatic nitrogens is 1. The molecule has 0 amide bonds. The van der Waals surface area contributed by atoms with Crippen LogP contribution in [0.5, 0.6) is 0 Å². The quantitative estimate of drug-likeness (QED) is 0.874. The largest absolute Gasteiger partial charge is 0.465 e. The van der Waals surface area contributed by atoms with Crippen LogP contribution in [0.4, 0.5) is 0 Å². The van der Waals surface area contributed by atoms with Crippen LogP contribution in [-0.4, -0.2) is 36.1 Å². The smallest absolute Gasteiger partial charge is 0.337 e. The fourth-order valence-corrected chi connectivity index (χ4v) is 2.92. The van der Waals surface area contributed by atoms with Crippen LogP contribution in [0.2, 0.25) is 0 Å². The highest BCUT2D eigenvalue weighted by Gasteiger charge is 2.14. The Balaban J connectivity index is 1.84. The van der Waals surface area contributed by atoms with Gasteiger partial charge in [-0.3, -0.25) is 4.90 Å². The number of likely N-dealkylation sites (tertiary alicyclic amines) is 1. The number of ether oxygens (including phenoxy) is 1. The van der Waals surface area contributed by atoms with E-state index in [2.05, 4.69) is 16.1 Å². The topological polar surface area (TPSA) is 45.3 Å². The minimum Gasteiger partial charge on any atom is -0.465 e. The van der Waals surface area contributed by atoms with Crippen molar-refractivity contribution in [3.63, 3.8) is 0 Å². The molecule has 1 fully saturated rings. The van der Waals surface area contributed by atoms with Crippen LogP contribution in [0.25, 0.3) is 10.9 Å². The first-order chi connectivity index (χ1) is 9.78. The Kier molecular flexibility index (Phi) is 3.74. The Labute approximate surface area is 118 Å². The molecule has 0 atom stereocenters. The van der Waals surface area contributed by atoms with Crippen LogP contribution >= 0.6 is 0 Å². The summed E-state index contributed by atoms with van der Waals surface area (Å²) in [6.45, 7) is 3.36. The number of methoxy groups -OCH3 is 1. The normalized spacial score (nSPS) is 16.4. The fraction of sp³-hybridized carbons (Fsp3) is 0.438. The van der Waals surface area contributed by atoms with Gasteiger partial charge in [0.05, 0.1) is 12.7 Å². The van der Waals surface area contributed by atoms with Crippen molar-refractivity contribution in [2.24, 2.45) is 0 Å². The van der Waals surface area contributed by atoms with E-state index in [4.69, 9.17) is 4.74 Å². The molecule has 1 saturated heterocycles. The Hall–Kier alpha value is -1.81. The fourth-order valence-electron chi connectivity index (χ4n) is 2.92. The molecular weight excluding hydrogens is 252 g/mol. The van der Waals surface area contributed by atoms with E-state index in [1.54, 1.807) is 0 Å². The van der Waals surface area contributed by atoms with E-state index < -0.39 is 0 Å². The lowest BCUT2D eigenvalue weighted by molar-refractivity contribution is 0.0601. The van der Waals surface area contributed by atoms with E-state index in [1.165, 1.54) is 50.4 Å². The summed E-state index contributed by atoms with van der Waals surface area (Å²) < 4.78 is 4.75. The lowest BCUT2D eigenvalue weighted by atomic mass is 10.1. The first-order valence-corrected chi connectivity index (χ1v) is 7.18. The zero-order valence-corrected chi connectivity index (χ0v) is 11.8. The van der Waals surface area contributed by atoms with Crippen molar-refractivity contribution in [3.8, 4) is 0 Å². The summed E-state index contributed by atoms with van der Waals surface area (Å²) in [7, 11) is 1.41. The molecule has 3 rings (SSSR count). The van der Waals surface area contributed by atoms with Gasteiger partial charge in [-0.25, -0.2) is 4.79 Å². The number of H-pyrrole nitrogens is 1. The number of carbonyl (C=O) groups is 1. The van der Waals surface area contributed by atoms with Crippen molar-refractivity contribution in [1.82, 2.24) is 9.88 Å². The number of hydrogen-bond donors (Lipinski definition) is 1. The van der Waals surface area contributed by atoms with Gasteiger partial charge in [0, 0.05) is 23.6 Å². The molecule has 1 aliphatic rings. The first-order valence-electron chi connectivity index (χ1n) is 7.18. The van der Waals surface area contributed by atoms with Crippen LogP contribution in [0, 0.1) is 0 Å². The van der Waals surface area contributed by atoms with E-state index >= 15 is 0 Å². The maximum absolute atomic E-state index is 11.5. The van der Waals surface area contributed by atoms with Gasteiger partial charge in [0.15, 0.2) is 0 Å². The van der Waals surface area contributed by atoms with Crippen molar-refractivity contribution in [2.45, 2.75) is 25.8 Å². The number of piperidine rings is 1. The van der Waals surface area contributed by atoms with E-state index in [9.17, 15) is 4.79 Å². The molecule has 0 spiro atoms. The number of nitrogens with zero attached hydrogens (tertiary/aromatic N) is 1. The molecule has 1 aliphatic heterocycles. The number of hydrogen-bond acceptors (Lipinski definition) is 3. The van der Waals surface area contributed by atoms with Gasteiger partial charge >= 0.3 is 5.97 Å². The number of carbonyl (C=O) groups excluding carboxylic acids is 1. The second-order valence-corrected chi connectivity index (χ2v) is 5.40. The minimum atomic E-state index is -0.293. The zero-order valence-electron chi connectivity index (χ0n) is 11.8. The Bertz CT molecular complexity index is 612. The molecule has 0 aliphatic carbocycles. The van der Waals surface area contributed by atoms with Gasteiger partial charge in [0.25, 0.3) is 0 Å². The predicted octanol–water partition coefficient (Wildman–Crippen LogP) is 2.94. The molecule has 4 heteroatoms. The molecule has 0 saturated carbocycles. The third-order valence-electron chi connectivity index (χ3n) is 4.03. The number of fused-ring (bicyclic) bond motifs is 1. The highest BCUT2D eigenvalue weighted by molar-refractivity contribution is 5.95. The summed E-state index contributed by atoms with van der Waals surface area (Å²) in [6, 6.07) is 5.71. The maximum Gasteiger partial charge on any atom is 0.337 e. The van der Waals surface area contributed by atoms with Gasteiger partial charge in [-0.1, -0.05) is 12.5 Å². The van der Waals surface area contributed by atoms with Crippen LogP contribution in [0.1, 0.15) is 35.2 Å². The minimum absolute atomic E-state index is 0.293. The number of aromatic amines is 1. The average molecular weight is 272 g/mol. The molecule has 20 heavy (non-hydrogen) atoms. The van der Waals surface area contributed by atoms with Crippen LogP contribution in [-0.2, 0) is 11.3 Å². The standard InChI is InChI=1S/C16H20N2O2/c1-20-16(19)12-5-6-14-13(10-17-15(14)9-12)11-18-7-3-2-4-8-18/h5-6,9-10,17H,2-4,7-8,11H2,1H3. The molecule has 1 aromatic heterocycles. The van der Waals surface area contributed by atoms with E-state index in [0.29, 0.717) is 5.56 Å². The highest BCUT2D eigenvalue weighted by atomic mass is 16.5. The molecular formula is C16H20N2O2. The predicted molar refractivity (Wildman–Crippen MR) is 78.8 cm³/mol. The van der Waals surface area contributed by atoms with E-state index in [-0.39, 0.29) is 5.97 Å². The number of benzene rings is 1. The summed E-state index contributed by atoms with van der Waals surface area (Å²) in [6.07, 6.45) is 6.01. The molecule has 2 aromatic rings. The molecule has 4 nitrogen and oxygen atoms in total. The van der Waals surface area contributed by atoms with Crippen LogP contribution < -0.4 is 0 Å². The third-order valence-corrected chi connectivity index (χ3v) is 4.03. The van der Waals surface area contributed by atoms with Crippen molar-refractivity contribution in [1.29, 1.82) is 0 Å². The zero-order chi connectivity index (χ0) is 13.9. The number of rotatable bonds is 3. The molecule has 0 unspecified atom stereocenters. The second kappa shape index (κ2) is 5.67. The summed E-state index contributed by atoms with van der Waals surface area (Å²) in [5.74, 6) is -0.293. The van der Waals surface area contributed by atoms with Crippen LogP contribution in [0.15, 0.2) is 24.4 Å². The molecule has 0 bridgehead atoms.